The van der Waals surface area contributed by atoms with Gasteiger partial charge in [-0.1, -0.05) is 19.8 Å². The van der Waals surface area contributed by atoms with Crippen LogP contribution in [0.4, 0.5) is 0 Å². The number of hydrogen-bond acceptors (Lipinski definition) is 4. The van der Waals surface area contributed by atoms with Crippen LogP contribution in [-0.2, 0) is 9.53 Å². The zero-order valence-corrected chi connectivity index (χ0v) is 18.5. The number of methoxy groups -OCH3 is 1. The van der Waals surface area contributed by atoms with E-state index in [0.29, 0.717) is 12.5 Å². The normalized spacial score (nSPS) is 16.2. The summed E-state index contributed by atoms with van der Waals surface area (Å²) in [6.07, 6.45) is 8.34. The van der Waals surface area contributed by atoms with Crippen LogP contribution in [0.2, 0.25) is 0 Å². The lowest BCUT2D eigenvalue weighted by Gasteiger charge is -2.32. The summed E-state index contributed by atoms with van der Waals surface area (Å²) in [5, 5.41) is 6.94. The highest BCUT2D eigenvalue weighted by Crippen LogP contribution is 2.10. The molecule has 1 saturated heterocycles. The molecule has 0 amide bonds. The summed E-state index contributed by atoms with van der Waals surface area (Å²) in [4.78, 5) is 17.9. The first-order chi connectivity index (χ1) is 11.7. The molecule has 0 aromatic carbocycles. The average molecular weight is 468 g/mol. The predicted molar refractivity (Wildman–Crippen MR) is 115 cm³/mol. The minimum absolute atomic E-state index is 0. The molecule has 1 aliphatic heterocycles. The molecule has 1 fully saturated rings. The Labute approximate surface area is 170 Å². The zero-order chi connectivity index (χ0) is 17.6. The Hall–Kier alpha value is -0.570. The topological polar surface area (TPSA) is 66.0 Å². The minimum atomic E-state index is -0.109. The standard InChI is InChI=1S/C18H36N4O2.HI/c1-4-13-22-14-10-16(11-15-22)21-18(19-2)20-12-8-6-5-7-9-17(23)24-3;/h16H,4-15H2,1-3H3,(H2,19,20,21);1H. The fourth-order valence-electron chi connectivity index (χ4n) is 3.06. The van der Waals surface area contributed by atoms with E-state index >= 15 is 0 Å². The van der Waals surface area contributed by atoms with Gasteiger partial charge in [-0.2, -0.15) is 0 Å². The third kappa shape index (κ3) is 11.6. The number of hydrogen-bond donors (Lipinski definition) is 2. The molecular formula is C18H37IN4O2. The number of nitrogens with one attached hydrogen (secondary N) is 2. The molecule has 0 aliphatic carbocycles. The van der Waals surface area contributed by atoms with Crippen molar-refractivity contribution in [2.24, 2.45) is 4.99 Å². The van der Waals surface area contributed by atoms with Gasteiger partial charge in [0.05, 0.1) is 7.11 Å². The minimum Gasteiger partial charge on any atom is -0.469 e. The third-order valence-electron chi connectivity index (χ3n) is 4.52. The predicted octanol–water partition coefficient (Wildman–Crippen LogP) is 2.77. The van der Waals surface area contributed by atoms with Gasteiger partial charge in [-0.25, -0.2) is 0 Å². The molecule has 148 valence electrons. The molecule has 6 nitrogen and oxygen atoms in total. The highest BCUT2D eigenvalue weighted by molar-refractivity contribution is 14.0. The Balaban J connectivity index is 0.00000576. The number of rotatable bonds is 10. The number of carbonyl (C=O) groups is 1. The van der Waals surface area contributed by atoms with Crippen LogP contribution in [0.1, 0.15) is 58.3 Å². The Morgan fingerprint density at radius 3 is 2.48 bits per heavy atom. The van der Waals surface area contributed by atoms with E-state index in [1.165, 1.54) is 46.0 Å². The molecule has 0 unspecified atom stereocenters. The number of halogens is 1. The lowest BCUT2D eigenvalue weighted by atomic mass is 10.1. The van der Waals surface area contributed by atoms with Gasteiger partial charge in [0, 0.05) is 39.1 Å². The Morgan fingerprint density at radius 2 is 1.88 bits per heavy atom. The van der Waals surface area contributed by atoms with Crippen LogP contribution < -0.4 is 10.6 Å². The lowest BCUT2D eigenvalue weighted by Crippen LogP contribution is -2.48. The quantitative estimate of drug-likeness (QED) is 0.170. The smallest absolute Gasteiger partial charge is 0.305 e. The number of esters is 1. The van der Waals surface area contributed by atoms with Crippen molar-refractivity contribution in [1.29, 1.82) is 0 Å². The van der Waals surface area contributed by atoms with E-state index < -0.39 is 0 Å². The number of guanidine groups is 1. The van der Waals surface area contributed by atoms with Crippen molar-refractivity contribution < 1.29 is 9.53 Å². The van der Waals surface area contributed by atoms with E-state index in [9.17, 15) is 4.79 Å². The second-order valence-corrected chi connectivity index (χ2v) is 6.50. The van der Waals surface area contributed by atoms with Crippen molar-refractivity contribution in [3.8, 4) is 0 Å². The third-order valence-corrected chi connectivity index (χ3v) is 4.52. The van der Waals surface area contributed by atoms with Crippen LogP contribution in [0.5, 0.6) is 0 Å². The van der Waals surface area contributed by atoms with Gasteiger partial charge in [-0.3, -0.25) is 9.79 Å². The monoisotopic (exact) mass is 468 g/mol. The van der Waals surface area contributed by atoms with E-state index in [2.05, 4.69) is 32.2 Å². The van der Waals surface area contributed by atoms with Gasteiger partial charge in [0.15, 0.2) is 5.96 Å². The Bertz CT molecular complexity index is 372. The molecule has 7 heteroatoms. The van der Waals surface area contributed by atoms with Gasteiger partial charge in [0.25, 0.3) is 0 Å². The van der Waals surface area contributed by atoms with Crippen LogP contribution >= 0.6 is 24.0 Å². The molecule has 0 saturated carbocycles. The summed E-state index contributed by atoms with van der Waals surface area (Å²) in [7, 11) is 3.27. The maximum Gasteiger partial charge on any atom is 0.305 e. The summed E-state index contributed by atoms with van der Waals surface area (Å²) in [5.41, 5.74) is 0. The van der Waals surface area contributed by atoms with Gasteiger partial charge in [-0.05, 0) is 38.6 Å². The fourth-order valence-corrected chi connectivity index (χ4v) is 3.06. The molecule has 0 radical (unpaired) electrons. The number of aliphatic imine (C=N–C) groups is 1. The van der Waals surface area contributed by atoms with Crippen molar-refractivity contribution in [1.82, 2.24) is 15.5 Å². The zero-order valence-electron chi connectivity index (χ0n) is 16.2. The second kappa shape index (κ2) is 15.7. The van der Waals surface area contributed by atoms with Crippen molar-refractivity contribution in [3.63, 3.8) is 0 Å². The van der Waals surface area contributed by atoms with E-state index in [1.807, 2.05) is 7.05 Å². The molecule has 0 bridgehead atoms. The van der Waals surface area contributed by atoms with Gasteiger partial charge in [-0.15, -0.1) is 24.0 Å². The summed E-state index contributed by atoms with van der Waals surface area (Å²) >= 11 is 0. The van der Waals surface area contributed by atoms with E-state index in [-0.39, 0.29) is 29.9 Å². The molecular weight excluding hydrogens is 431 g/mol. The maximum absolute atomic E-state index is 11.0. The van der Waals surface area contributed by atoms with Crippen LogP contribution in [0.3, 0.4) is 0 Å². The maximum atomic E-state index is 11.0. The average Bonchev–Trinajstić information content (AvgIpc) is 2.61. The first-order valence-corrected chi connectivity index (χ1v) is 9.46. The largest absolute Gasteiger partial charge is 0.469 e. The molecule has 0 atom stereocenters. The summed E-state index contributed by atoms with van der Waals surface area (Å²) in [6, 6.07) is 0.532. The molecule has 1 rings (SSSR count). The van der Waals surface area contributed by atoms with Gasteiger partial charge >= 0.3 is 5.97 Å². The Kier molecular flexibility index (Phi) is 15.3. The van der Waals surface area contributed by atoms with Crippen LogP contribution in [0.15, 0.2) is 4.99 Å². The SMILES string of the molecule is CCCN1CCC(NC(=NC)NCCCCCCC(=O)OC)CC1.I. The number of nitrogens with zero attached hydrogens (tertiary/aromatic N) is 2. The lowest BCUT2D eigenvalue weighted by molar-refractivity contribution is -0.140. The van der Waals surface area contributed by atoms with Crippen molar-refractivity contribution >= 4 is 35.9 Å². The molecule has 1 heterocycles. The molecule has 0 aromatic heterocycles. The van der Waals surface area contributed by atoms with Gasteiger partial charge < -0.3 is 20.3 Å². The second-order valence-electron chi connectivity index (χ2n) is 6.50. The summed E-state index contributed by atoms with van der Waals surface area (Å²) in [5.74, 6) is 0.807. The Morgan fingerprint density at radius 1 is 1.20 bits per heavy atom. The van der Waals surface area contributed by atoms with Crippen molar-refractivity contribution in [2.45, 2.75) is 64.3 Å². The van der Waals surface area contributed by atoms with Crippen molar-refractivity contribution in [3.05, 3.63) is 0 Å². The number of ether oxygens (including phenoxy) is 1. The van der Waals surface area contributed by atoms with Gasteiger partial charge in [0.2, 0.25) is 0 Å². The molecule has 25 heavy (non-hydrogen) atoms. The van der Waals surface area contributed by atoms with Crippen LogP contribution in [0, 0.1) is 0 Å². The van der Waals surface area contributed by atoms with Gasteiger partial charge in [0.1, 0.15) is 0 Å². The molecule has 2 N–H and O–H groups in total. The molecule has 0 spiro atoms. The summed E-state index contributed by atoms with van der Waals surface area (Å²) in [6.45, 7) is 6.75. The fraction of sp³-hybridized carbons (Fsp3) is 0.889. The van der Waals surface area contributed by atoms with E-state index in [0.717, 1.165) is 38.2 Å². The highest BCUT2D eigenvalue weighted by atomic mass is 127. The molecule has 1 aliphatic rings. The molecule has 0 aromatic rings. The number of piperidine rings is 1. The van der Waals surface area contributed by atoms with Crippen molar-refractivity contribution in [2.75, 3.05) is 40.3 Å². The first-order valence-electron chi connectivity index (χ1n) is 9.46. The van der Waals surface area contributed by atoms with E-state index in [4.69, 9.17) is 0 Å². The number of unbranched alkanes of at least 4 members (excludes halogenated alkanes) is 3. The first kappa shape index (κ1) is 24.4. The number of carbonyl (C=O) groups excluding carboxylic acids is 1. The highest BCUT2D eigenvalue weighted by Gasteiger charge is 2.19. The number of likely N-dealkylation sites (tertiary alicyclic amines) is 1. The van der Waals surface area contributed by atoms with E-state index in [1.54, 1.807) is 0 Å². The van der Waals surface area contributed by atoms with Crippen LogP contribution in [0.25, 0.3) is 0 Å². The van der Waals surface area contributed by atoms with Crippen LogP contribution in [-0.4, -0.2) is 63.2 Å². The summed E-state index contributed by atoms with van der Waals surface area (Å²) < 4.78 is 4.64.